The molecule has 0 aromatic heterocycles. The minimum absolute atomic E-state index is 0.0346. The summed E-state index contributed by atoms with van der Waals surface area (Å²) in [5.74, 6) is -1.38. The second-order valence-electron chi connectivity index (χ2n) is 4.59. The van der Waals surface area contributed by atoms with Crippen LogP contribution in [-0.2, 0) is 0 Å². The van der Waals surface area contributed by atoms with E-state index in [1.807, 2.05) is 0 Å². The average Bonchev–Trinajstić information content (AvgIpc) is 2.52. The van der Waals surface area contributed by atoms with Crippen molar-refractivity contribution in [1.29, 1.82) is 0 Å². The maximum atomic E-state index is 11.9. The Labute approximate surface area is 130 Å². The number of nitrogens with zero attached hydrogens (tertiary/aromatic N) is 2. The lowest BCUT2D eigenvalue weighted by molar-refractivity contribution is -0.385. The largest absolute Gasteiger partial charge is 0.507 e. The summed E-state index contributed by atoms with van der Waals surface area (Å²) in [4.78, 5) is 22.0. The molecule has 0 bridgehead atoms. The van der Waals surface area contributed by atoms with Crippen LogP contribution in [-0.4, -0.2) is 26.8 Å². The predicted octanol–water partition coefficient (Wildman–Crippen LogP) is 2.16. The van der Waals surface area contributed by atoms with Crippen LogP contribution in [0.1, 0.15) is 22.8 Å². The highest BCUT2D eigenvalue weighted by Crippen LogP contribution is 2.29. The number of carbonyl (C=O) groups is 1. The summed E-state index contributed by atoms with van der Waals surface area (Å²) in [5.41, 5.74) is 2.10. The van der Waals surface area contributed by atoms with E-state index >= 15 is 0 Å². The Morgan fingerprint density at radius 3 is 2.43 bits per heavy atom. The van der Waals surface area contributed by atoms with Gasteiger partial charge in [-0.25, -0.2) is 5.43 Å². The van der Waals surface area contributed by atoms with Crippen LogP contribution >= 0.6 is 0 Å². The summed E-state index contributed by atoms with van der Waals surface area (Å²) < 4.78 is 0. The van der Waals surface area contributed by atoms with Crippen molar-refractivity contribution in [2.45, 2.75) is 6.92 Å². The zero-order valence-corrected chi connectivity index (χ0v) is 12.1. The molecule has 2 rings (SSSR count). The van der Waals surface area contributed by atoms with Gasteiger partial charge < -0.3 is 10.2 Å². The van der Waals surface area contributed by atoms with Gasteiger partial charge in [0.25, 0.3) is 5.91 Å². The standard InChI is InChI=1S/C15H13N3O5/c1-9(10-6-4-7-12(14(10)20)18(22)23)16-17-15(21)11-5-2-3-8-13(11)19/h2-8,19-20H,1H3,(H,17,21). The zero-order valence-electron chi connectivity index (χ0n) is 12.1. The molecule has 0 aliphatic rings. The number of nitro groups is 1. The van der Waals surface area contributed by atoms with E-state index in [0.29, 0.717) is 0 Å². The summed E-state index contributed by atoms with van der Waals surface area (Å²) in [6.07, 6.45) is 0. The van der Waals surface area contributed by atoms with Crippen LogP contribution < -0.4 is 5.43 Å². The van der Waals surface area contributed by atoms with Gasteiger partial charge >= 0.3 is 5.69 Å². The number of carbonyl (C=O) groups excluding carboxylic acids is 1. The lowest BCUT2D eigenvalue weighted by atomic mass is 10.1. The van der Waals surface area contributed by atoms with Gasteiger partial charge in [-0.15, -0.1) is 0 Å². The van der Waals surface area contributed by atoms with Gasteiger partial charge in [0.2, 0.25) is 5.75 Å². The molecule has 8 nitrogen and oxygen atoms in total. The van der Waals surface area contributed by atoms with Crippen LogP contribution in [0.3, 0.4) is 0 Å². The fourth-order valence-corrected chi connectivity index (χ4v) is 1.89. The number of phenols is 2. The summed E-state index contributed by atoms with van der Waals surface area (Å²) >= 11 is 0. The van der Waals surface area contributed by atoms with Crippen molar-refractivity contribution in [3.05, 3.63) is 63.7 Å². The molecular formula is C15H13N3O5. The molecule has 0 unspecified atom stereocenters. The molecule has 0 saturated carbocycles. The average molecular weight is 315 g/mol. The monoisotopic (exact) mass is 315 g/mol. The van der Waals surface area contributed by atoms with Gasteiger partial charge in [0.15, 0.2) is 0 Å². The van der Waals surface area contributed by atoms with Gasteiger partial charge in [-0.05, 0) is 25.1 Å². The third-order valence-electron chi connectivity index (χ3n) is 3.08. The summed E-state index contributed by atoms with van der Waals surface area (Å²) in [5, 5.41) is 34.1. The van der Waals surface area contributed by atoms with Gasteiger partial charge in [0.05, 0.1) is 16.2 Å². The number of hydrazone groups is 1. The third kappa shape index (κ3) is 3.43. The molecule has 2 aromatic carbocycles. The van der Waals surface area contributed by atoms with Crippen LogP contribution in [0.15, 0.2) is 47.6 Å². The van der Waals surface area contributed by atoms with Gasteiger partial charge in [-0.1, -0.05) is 18.2 Å². The van der Waals surface area contributed by atoms with Crippen molar-refractivity contribution >= 4 is 17.3 Å². The summed E-state index contributed by atoms with van der Waals surface area (Å²) in [6, 6.07) is 9.93. The quantitative estimate of drug-likeness (QED) is 0.453. The van der Waals surface area contributed by atoms with Crippen molar-refractivity contribution < 1.29 is 19.9 Å². The maximum absolute atomic E-state index is 11.9. The van der Waals surface area contributed by atoms with E-state index in [-0.39, 0.29) is 22.6 Å². The molecule has 2 aromatic rings. The summed E-state index contributed by atoms with van der Waals surface area (Å²) in [6.45, 7) is 1.48. The van der Waals surface area contributed by atoms with Crippen molar-refractivity contribution in [1.82, 2.24) is 5.43 Å². The fourth-order valence-electron chi connectivity index (χ4n) is 1.89. The van der Waals surface area contributed by atoms with Gasteiger partial charge in [0.1, 0.15) is 5.75 Å². The molecule has 118 valence electrons. The normalized spacial score (nSPS) is 11.1. The molecule has 0 aliphatic heterocycles. The number of aromatic hydroxyl groups is 2. The number of phenolic OH excluding ortho intramolecular Hbond substituents is 2. The molecule has 1 amide bonds. The second-order valence-corrected chi connectivity index (χ2v) is 4.59. The Hall–Kier alpha value is -3.42. The first kappa shape index (κ1) is 16.0. The fraction of sp³-hybridized carbons (Fsp3) is 0.0667. The predicted molar refractivity (Wildman–Crippen MR) is 82.5 cm³/mol. The van der Waals surface area contributed by atoms with E-state index in [9.17, 15) is 25.1 Å². The van der Waals surface area contributed by atoms with Crippen molar-refractivity contribution in [3.63, 3.8) is 0 Å². The Bertz CT molecular complexity index is 801. The van der Waals surface area contributed by atoms with E-state index in [4.69, 9.17) is 0 Å². The lowest BCUT2D eigenvalue weighted by Gasteiger charge is -2.06. The number of nitro benzene ring substituents is 1. The van der Waals surface area contributed by atoms with Crippen LogP contribution in [0, 0.1) is 10.1 Å². The maximum Gasteiger partial charge on any atom is 0.311 e. The smallest absolute Gasteiger partial charge is 0.311 e. The Morgan fingerprint density at radius 1 is 1.13 bits per heavy atom. The Morgan fingerprint density at radius 2 is 1.78 bits per heavy atom. The van der Waals surface area contributed by atoms with Gasteiger partial charge in [-0.2, -0.15) is 5.10 Å². The lowest BCUT2D eigenvalue weighted by Crippen LogP contribution is -2.19. The van der Waals surface area contributed by atoms with E-state index < -0.39 is 22.3 Å². The first-order valence-electron chi connectivity index (χ1n) is 6.51. The Balaban J connectivity index is 2.24. The van der Waals surface area contributed by atoms with Gasteiger partial charge in [-0.3, -0.25) is 14.9 Å². The molecule has 23 heavy (non-hydrogen) atoms. The highest BCUT2D eigenvalue weighted by atomic mass is 16.6. The number of rotatable bonds is 4. The number of para-hydroxylation sites is 2. The van der Waals surface area contributed by atoms with Crippen molar-refractivity contribution in [3.8, 4) is 11.5 Å². The van der Waals surface area contributed by atoms with E-state index in [0.717, 1.165) is 6.07 Å². The van der Waals surface area contributed by atoms with Crippen LogP contribution in [0.4, 0.5) is 5.69 Å². The van der Waals surface area contributed by atoms with E-state index in [2.05, 4.69) is 10.5 Å². The number of hydrogen-bond acceptors (Lipinski definition) is 6. The topological polar surface area (TPSA) is 125 Å². The number of nitrogens with one attached hydrogen (secondary N) is 1. The third-order valence-corrected chi connectivity index (χ3v) is 3.08. The molecule has 0 aliphatic carbocycles. The van der Waals surface area contributed by atoms with Crippen LogP contribution in [0.25, 0.3) is 0 Å². The molecule has 0 fully saturated rings. The highest BCUT2D eigenvalue weighted by Gasteiger charge is 2.18. The SMILES string of the molecule is CC(=NNC(=O)c1ccccc1O)c1cccc([N+](=O)[O-])c1O. The Kier molecular flexibility index (Phi) is 4.55. The molecule has 0 heterocycles. The van der Waals surface area contributed by atoms with Gasteiger partial charge in [0, 0.05) is 11.6 Å². The molecule has 8 heteroatoms. The first-order chi connectivity index (χ1) is 10.9. The molecule has 3 N–H and O–H groups in total. The minimum Gasteiger partial charge on any atom is -0.507 e. The molecule has 0 saturated heterocycles. The second kappa shape index (κ2) is 6.56. The first-order valence-corrected chi connectivity index (χ1v) is 6.51. The molecular weight excluding hydrogens is 302 g/mol. The van der Waals surface area contributed by atoms with E-state index in [1.54, 1.807) is 12.1 Å². The molecule has 0 radical (unpaired) electrons. The minimum atomic E-state index is -0.716. The van der Waals surface area contributed by atoms with Crippen LogP contribution in [0.2, 0.25) is 0 Å². The number of amides is 1. The molecule has 0 atom stereocenters. The zero-order chi connectivity index (χ0) is 17.0. The van der Waals surface area contributed by atoms with Crippen molar-refractivity contribution in [2.75, 3.05) is 0 Å². The number of hydrogen-bond donors (Lipinski definition) is 3. The molecule has 0 spiro atoms. The summed E-state index contributed by atoms with van der Waals surface area (Å²) in [7, 11) is 0. The van der Waals surface area contributed by atoms with Crippen LogP contribution in [0.5, 0.6) is 11.5 Å². The van der Waals surface area contributed by atoms with Crippen molar-refractivity contribution in [2.24, 2.45) is 5.10 Å². The highest BCUT2D eigenvalue weighted by molar-refractivity contribution is 6.03. The number of benzene rings is 2. The van der Waals surface area contributed by atoms with E-state index in [1.165, 1.54) is 31.2 Å².